The lowest BCUT2D eigenvalue weighted by Gasteiger charge is -2.11. The lowest BCUT2D eigenvalue weighted by atomic mass is 10.1. The molecule has 0 aliphatic carbocycles. The number of carbonyl (C=O) groups is 1. The molecule has 0 saturated heterocycles. The van der Waals surface area contributed by atoms with E-state index < -0.39 is 0 Å². The highest BCUT2D eigenvalue weighted by Crippen LogP contribution is 2.21. The Morgan fingerprint density at radius 1 is 1.25 bits per heavy atom. The number of amides is 1. The normalized spacial score (nSPS) is 10.2. The van der Waals surface area contributed by atoms with Gasteiger partial charge in [-0.25, -0.2) is 4.98 Å². The molecule has 0 spiro atoms. The van der Waals surface area contributed by atoms with E-state index >= 15 is 0 Å². The predicted molar refractivity (Wildman–Crippen MR) is 82.7 cm³/mol. The van der Waals surface area contributed by atoms with Crippen molar-refractivity contribution in [1.82, 2.24) is 4.98 Å². The summed E-state index contributed by atoms with van der Waals surface area (Å²) in [7, 11) is 1.74. The van der Waals surface area contributed by atoms with Crippen LogP contribution in [0.5, 0.6) is 0 Å². The SMILES string of the molecule is CNc1cc(C(=O)Nc2ccc(C)cc2C)c(Cl)cn1. The fourth-order valence-electron chi connectivity index (χ4n) is 1.89. The first-order chi connectivity index (χ1) is 9.51. The van der Waals surface area contributed by atoms with E-state index in [0.717, 1.165) is 16.8 Å². The van der Waals surface area contributed by atoms with Gasteiger partial charge in [0, 0.05) is 18.9 Å². The van der Waals surface area contributed by atoms with Crippen LogP contribution in [0.4, 0.5) is 11.5 Å². The van der Waals surface area contributed by atoms with Crippen LogP contribution in [-0.2, 0) is 0 Å². The lowest BCUT2D eigenvalue weighted by molar-refractivity contribution is 0.102. The second-order valence-electron chi connectivity index (χ2n) is 4.57. The number of carbonyl (C=O) groups excluding carboxylic acids is 1. The minimum Gasteiger partial charge on any atom is -0.373 e. The van der Waals surface area contributed by atoms with E-state index in [1.165, 1.54) is 6.20 Å². The van der Waals surface area contributed by atoms with E-state index in [1.807, 2.05) is 32.0 Å². The minimum atomic E-state index is -0.249. The molecule has 2 aromatic rings. The van der Waals surface area contributed by atoms with Crippen LogP contribution in [0.1, 0.15) is 21.5 Å². The van der Waals surface area contributed by atoms with Gasteiger partial charge in [0.15, 0.2) is 0 Å². The predicted octanol–water partition coefficient (Wildman–Crippen LogP) is 3.65. The van der Waals surface area contributed by atoms with Gasteiger partial charge < -0.3 is 10.6 Å². The highest BCUT2D eigenvalue weighted by molar-refractivity contribution is 6.34. The van der Waals surface area contributed by atoms with Crippen LogP contribution in [0.15, 0.2) is 30.5 Å². The van der Waals surface area contributed by atoms with Crippen molar-refractivity contribution in [2.75, 3.05) is 17.7 Å². The molecule has 2 N–H and O–H groups in total. The third-order valence-electron chi connectivity index (χ3n) is 2.99. The Morgan fingerprint density at radius 3 is 2.65 bits per heavy atom. The van der Waals surface area contributed by atoms with Crippen LogP contribution < -0.4 is 10.6 Å². The Balaban J connectivity index is 2.28. The molecule has 0 fully saturated rings. The molecular weight excluding hydrogens is 274 g/mol. The summed E-state index contributed by atoms with van der Waals surface area (Å²) in [6, 6.07) is 7.48. The first kappa shape index (κ1) is 14.3. The molecular formula is C15H16ClN3O. The quantitative estimate of drug-likeness (QED) is 0.907. The lowest BCUT2D eigenvalue weighted by Crippen LogP contribution is -2.14. The third-order valence-corrected chi connectivity index (χ3v) is 3.29. The molecule has 1 aromatic carbocycles. The van der Waals surface area contributed by atoms with Gasteiger partial charge >= 0.3 is 0 Å². The molecule has 2 rings (SSSR count). The van der Waals surface area contributed by atoms with E-state index in [-0.39, 0.29) is 5.91 Å². The summed E-state index contributed by atoms with van der Waals surface area (Å²) in [5.41, 5.74) is 3.34. The van der Waals surface area contributed by atoms with Gasteiger partial charge in [-0.2, -0.15) is 0 Å². The van der Waals surface area contributed by atoms with E-state index in [9.17, 15) is 4.79 Å². The highest BCUT2D eigenvalue weighted by atomic mass is 35.5. The maximum Gasteiger partial charge on any atom is 0.257 e. The number of benzene rings is 1. The van der Waals surface area contributed by atoms with E-state index in [0.29, 0.717) is 16.4 Å². The fraction of sp³-hybridized carbons (Fsp3) is 0.200. The summed E-state index contributed by atoms with van der Waals surface area (Å²) in [4.78, 5) is 16.3. The molecule has 104 valence electrons. The van der Waals surface area contributed by atoms with Crippen molar-refractivity contribution in [3.05, 3.63) is 52.2 Å². The molecule has 1 amide bonds. The molecule has 0 atom stereocenters. The highest BCUT2D eigenvalue weighted by Gasteiger charge is 2.13. The first-order valence-corrected chi connectivity index (χ1v) is 6.61. The van der Waals surface area contributed by atoms with Gasteiger partial charge in [0.25, 0.3) is 5.91 Å². The standard InChI is InChI=1S/C15H16ClN3O/c1-9-4-5-13(10(2)6-9)19-15(20)11-7-14(17-3)18-8-12(11)16/h4-8H,1-3H3,(H,17,18)(H,19,20). The van der Waals surface area contributed by atoms with Crippen LogP contribution in [0.3, 0.4) is 0 Å². The Bertz CT molecular complexity index is 656. The topological polar surface area (TPSA) is 54.0 Å². The number of nitrogens with zero attached hydrogens (tertiary/aromatic N) is 1. The van der Waals surface area contributed by atoms with Crippen molar-refractivity contribution < 1.29 is 4.79 Å². The zero-order valence-electron chi connectivity index (χ0n) is 11.6. The van der Waals surface area contributed by atoms with E-state index in [4.69, 9.17) is 11.6 Å². The van der Waals surface area contributed by atoms with E-state index in [2.05, 4.69) is 15.6 Å². The Hall–Kier alpha value is -2.07. The summed E-state index contributed by atoms with van der Waals surface area (Å²) >= 11 is 6.03. The molecule has 0 unspecified atom stereocenters. The molecule has 4 nitrogen and oxygen atoms in total. The second kappa shape index (κ2) is 5.92. The Labute approximate surface area is 123 Å². The maximum atomic E-state index is 12.3. The molecule has 0 aliphatic rings. The number of aromatic nitrogens is 1. The number of hydrogen-bond donors (Lipinski definition) is 2. The van der Waals surface area contributed by atoms with Gasteiger partial charge in [0.1, 0.15) is 5.82 Å². The van der Waals surface area contributed by atoms with Crippen molar-refractivity contribution in [2.45, 2.75) is 13.8 Å². The van der Waals surface area contributed by atoms with E-state index in [1.54, 1.807) is 13.1 Å². The summed E-state index contributed by atoms with van der Waals surface area (Å²) in [5, 5.41) is 6.07. The fourth-order valence-corrected chi connectivity index (χ4v) is 2.08. The van der Waals surface area contributed by atoms with Crippen LogP contribution in [0, 0.1) is 13.8 Å². The molecule has 0 saturated carbocycles. The van der Waals surface area contributed by atoms with Gasteiger partial charge in [-0.1, -0.05) is 29.3 Å². The van der Waals surface area contributed by atoms with Gasteiger partial charge in [0.05, 0.1) is 10.6 Å². The summed E-state index contributed by atoms with van der Waals surface area (Å²) < 4.78 is 0. The third kappa shape index (κ3) is 3.08. The van der Waals surface area contributed by atoms with Crippen molar-refractivity contribution in [2.24, 2.45) is 0 Å². The Kier molecular flexibility index (Phi) is 4.25. The average molecular weight is 290 g/mol. The zero-order chi connectivity index (χ0) is 14.7. The summed E-state index contributed by atoms with van der Waals surface area (Å²) in [6.07, 6.45) is 1.46. The first-order valence-electron chi connectivity index (χ1n) is 6.23. The van der Waals surface area contributed by atoms with Gasteiger partial charge in [-0.3, -0.25) is 4.79 Å². The molecule has 1 aromatic heterocycles. The van der Waals surface area contributed by atoms with Crippen molar-refractivity contribution in [1.29, 1.82) is 0 Å². The second-order valence-corrected chi connectivity index (χ2v) is 4.98. The number of aryl methyl sites for hydroxylation is 2. The minimum absolute atomic E-state index is 0.249. The molecule has 0 bridgehead atoms. The monoisotopic (exact) mass is 289 g/mol. The van der Waals surface area contributed by atoms with Gasteiger partial charge in [-0.15, -0.1) is 0 Å². The summed E-state index contributed by atoms with van der Waals surface area (Å²) in [5.74, 6) is 0.348. The van der Waals surface area contributed by atoms with Crippen molar-refractivity contribution >= 4 is 29.0 Å². The maximum absolute atomic E-state index is 12.3. The van der Waals surface area contributed by atoms with Crippen LogP contribution >= 0.6 is 11.6 Å². The van der Waals surface area contributed by atoms with Gasteiger partial charge in [0.2, 0.25) is 0 Å². The number of hydrogen-bond acceptors (Lipinski definition) is 3. The molecule has 0 radical (unpaired) electrons. The number of halogens is 1. The van der Waals surface area contributed by atoms with Crippen LogP contribution in [-0.4, -0.2) is 17.9 Å². The molecule has 5 heteroatoms. The molecule has 20 heavy (non-hydrogen) atoms. The number of pyridine rings is 1. The number of anilines is 2. The smallest absolute Gasteiger partial charge is 0.257 e. The largest absolute Gasteiger partial charge is 0.373 e. The van der Waals surface area contributed by atoms with Crippen molar-refractivity contribution in [3.8, 4) is 0 Å². The zero-order valence-corrected chi connectivity index (χ0v) is 12.4. The molecule has 0 aliphatic heterocycles. The van der Waals surface area contributed by atoms with Gasteiger partial charge in [-0.05, 0) is 31.5 Å². The Morgan fingerprint density at radius 2 is 2.00 bits per heavy atom. The average Bonchev–Trinajstić information content (AvgIpc) is 2.42. The number of rotatable bonds is 3. The molecule has 1 heterocycles. The summed E-state index contributed by atoms with van der Waals surface area (Å²) in [6.45, 7) is 3.97. The van der Waals surface area contributed by atoms with Crippen LogP contribution in [0.2, 0.25) is 5.02 Å². The number of nitrogens with one attached hydrogen (secondary N) is 2. The van der Waals surface area contributed by atoms with Crippen LogP contribution in [0.25, 0.3) is 0 Å². The van der Waals surface area contributed by atoms with Crippen molar-refractivity contribution in [3.63, 3.8) is 0 Å².